The Kier molecular flexibility index (Phi) is 6.42. The predicted octanol–water partition coefficient (Wildman–Crippen LogP) is 3.49. The molecule has 2 aromatic rings. The minimum atomic E-state index is -3.72. The van der Waals surface area contributed by atoms with Gasteiger partial charge in [-0.15, -0.1) is 0 Å². The Morgan fingerprint density at radius 3 is 2.41 bits per heavy atom. The van der Waals surface area contributed by atoms with Gasteiger partial charge in [-0.25, -0.2) is 8.42 Å². The molecule has 2 aromatic carbocycles. The molecule has 1 fully saturated rings. The van der Waals surface area contributed by atoms with Crippen molar-refractivity contribution in [3.8, 4) is 0 Å². The fourth-order valence-electron chi connectivity index (χ4n) is 3.13. The summed E-state index contributed by atoms with van der Waals surface area (Å²) in [6, 6.07) is 17.2. The van der Waals surface area contributed by atoms with E-state index in [1.165, 1.54) is 4.31 Å². The van der Waals surface area contributed by atoms with E-state index in [1.807, 2.05) is 36.4 Å². The first kappa shape index (κ1) is 19.3. The van der Waals surface area contributed by atoms with Crippen LogP contribution in [0.5, 0.6) is 0 Å². The maximum Gasteiger partial charge on any atom is 0.324 e. The lowest BCUT2D eigenvalue weighted by atomic mass is 10.1. The van der Waals surface area contributed by atoms with Crippen molar-refractivity contribution in [3.05, 3.63) is 72.3 Å². The van der Waals surface area contributed by atoms with Crippen LogP contribution in [0.2, 0.25) is 0 Å². The molecule has 0 radical (unpaired) electrons. The van der Waals surface area contributed by atoms with Crippen LogP contribution in [0.1, 0.15) is 24.8 Å². The molecule has 0 aliphatic carbocycles. The SMILES string of the molecule is O=C(OC/C=C/c1ccccc1)C1CCCCN1S(=O)(=O)c1ccccc1. The first-order valence-corrected chi connectivity index (χ1v) is 10.5. The number of piperidine rings is 1. The van der Waals surface area contributed by atoms with E-state index in [4.69, 9.17) is 4.74 Å². The second-order valence-corrected chi connectivity index (χ2v) is 8.27. The third kappa shape index (κ3) is 4.84. The Balaban J connectivity index is 1.66. The maximum absolute atomic E-state index is 12.9. The van der Waals surface area contributed by atoms with Crippen molar-refractivity contribution in [2.45, 2.75) is 30.2 Å². The van der Waals surface area contributed by atoms with Gasteiger partial charge >= 0.3 is 5.97 Å². The van der Waals surface area contributed by atoms with Crippen LogP contribution in [0.25, 0.3) is 6.08 Å². The van der Waals surface area contributed by atoms with Crippen molar-refractivity contribution in [1.29, 1.82) is 0 Å². The molecule has 3 rings (SSSR count). The second-order valence-electron chi connectivity index (χ2n) is 6.38. The van der Waals surface area contributed by atoms with Gasteiger partial charge in [0.05, 0.1) is 4.90 Å². The van der Waals surface area contributed by atoms with E-state index in [-0.39, 0.29) is 11.5 Å². The Morgan fingerprint density at radius 2 is 1.70 bits per heavy atom. The normalized spacial score (nSPS) is 18.4. The Morgan fingerprint density at radius 1 is 1.04 bits per heavy atom. The van der Waals surface area contributed by atoms with Crippen LogP contribution < -0.4 is 0 Å². The molecule has 0 saturated carbocycles. The van der Waals surface area contributed by atoms with Gasteiger partial charge in [-0.2, -0.15) is 4.31 Å². The van der Waals surface area contributed by atoms with Crippen LogP contribution in [-0.4, -0.2) is 37.9 Å². The first-order valence-electron chi connectivity index (χ1n) is 9.04. The summed E-state index contributed by atoms with van der Waals surface area (Å²) in [5.41, 5.74) is 1.01. The lowest BCUT2D eigenvalue weighted by Crippen LogP contribution is -2.48. The number of carbonyl (C=O) groups excluding carboxylic acids is 1. The Labute approximate surface area is 160 Å². The quantitative estimate of drug-likeness (QED) is 0.714. The molecule has 27 heavy (non-hydrogen) atoms. The highest BCUT2D eigenvalue weighted by atomic mass is 32.2. The zero-order chi connectivity index (χ0) is 19.1. The van der Waals surface area contributed by atoms with Crippen LogP contribution in [0.4, 0.5) is 0 Å². The summed E-state index contributed by atoms with van der Waals surface area (Å²) in [5.74, 6) is -0.494. The van der Waals surface area contributed by atoms with Crippen LogP contribution >= 0.6 is 0 Å². The fraction of sp³-hybridized carbons (Fsp3) is 0.286. The monoisotopic (exact) mass is 385 g/mol. The number of esters is 1. The fourth-order valence-corrected chi connectivity index (χ4v) is 4.80. The van der Waals surface area contributed by atoms with Crippen LogP contribution in [0.15, 0.2) is 71.6 Å². The summed E-state index contributed by atoms with van der Waals surface area (Å²) < 4.78 is 32.5. The van der Waals surface area contributed by atoms with E-state index in [0.29, 0.717) is 13.0 Å². The van der Waals surface area contributed by atoms with Crippen molar-refractivity contribution in [2.75, 3.05) is 13.2 Å². The van der Waals surface area contributed by atoms with Crippen molar-refractivity contribution in [2.24, 2.45) is 0 Å². The maximum atomic E-state index is 12.9. The average molecular weight is 385 g/mol. The van der Waals surface area contributed by atoms with Gasteiger partial charge in [0.2, 0.25) is 10.0 Å². The molecule has 1 aliphatic rings. The molecule has 0 N–H and O–H groups in total. The molecular weight excluding hydrogens is 362 g/mol. The highest BCUT2D eigenvalue weighted by Gasteiger charge is 2.38. The standard InChI is InChI=1S/C21H23NO4S/c23-21(26-17-9-12-18-10-3-1-4-11-18)20-15-7-8-16-22(20)27(24,25)19-13-5-2-6-14-19/h1-6,9-14,20H,7-8,15-17H2/b12-9+. The third-order valence-electron chi connectivity index (χ3n) is 4.51. The van der Waals surface area contributed by atoms with E-state index in [1.54, 1.807) is 36.4 Å². The number of benzene rings is 2. The molecule has 1 saturated heterocycles. The van der Waals surface area contributed by atoms with Crippen LogP contribution in [0, 0.1) is 0 Å². The molecule has 0 bridgehead atoms. The van der Waals surface area contributed by atoms with Gasteiger partial charge < -0.3 is 4.74 Å². The molecule has 1 aliphatic heterocycles. The zero-order valence-corrected chi connectivity index (χ0v) is 15.8. The molecule has 1 heterocycles. The number of hydrogen-bond donors (Lipinski definition) is 0. The summed E-state index contributed by atoms with van der Waals surface area (Å²) in [6.45, 7) is 0.445. The van der Waals surface area contributed by atoms with E-state index < -0.39 is 22.0 Å². The van der Waals surface area contributed by atoms with E-state index >= 15 is 0 Å². The molecule has 0 amide bonds. The molecule has 0 spiro atoms. The van der Waals surface area contributed by atoms with Gasteiger partial charge in [-0.1, -0.05) is 54.6 Å². The average Bonchev–Trinajstić information content (AvgIpc) is 2.72. The molecule has 142 valence electrons. The number of carbonyl (C=O) groups is 1. The van der Waals surface area contributed by atoms with E-state index in [9.17, 15) is 13.2 Å². The van der Waals surface area contributed by atoms with Gasteiger partial charge in [-0.3, -0.25) is 4.79 Å². The summed E-state index contributed by atoms with van der Waals surface area (Å²) in [6.07, 6.45) is 5.65. The summed E-state index contributed by atoms with van der Waals surface area (Å²) in [4.78, 5) is 12.7. The molecule has 1 atom stereocenters. The number of hydrogen-bond acceptors (Lipinski definition) is 4. The van der Waals surface area contributed by atoms with Gasteiger partial charge in [0.15, 0.2) is 0 Å². The highest BCUT2D eigenvalue weighted by Crippen LogP contribution is 2.26. The van der Waals surface area contributed by atoms with Crippen LogP contribution in [-0.2, 0) is 19.6 Å². The minimum Gasteiger partial charge on any atom is -0.460 e. The van der Waals surface area contributed by atoms with Gasteiger partial charge in [0, 0.05) is 6.54 Å². The summed E-state index contributed by atoms with van der Waals surface area (Å²) in [7, 11) is -3.72. The highest BCUT2D eigenvalue weighted by molar-refractivity contribution is 7.89. The Bertz CT molecular complexity index is 879. The van der Waals surface area contributed by atoms with Crippen LogP contribution in [0.3, 0.4) is 0 Å². The lowest BCUT2D eigenvalue weighted by molar-refractivity contribution is -0.147. The third-order valence-corrected chi connectivity index (χ3v) is 6.43. The zero-order valence-electron chi connectivity index (χ0n) is 15.0. The van der Waals surface area contributed by atoms with Crippen molar-refractivity contribution in [3.63, 3.8) is 0 Å². The first-order chi connectivity index (χ1) is 13.1. The number of rotatable bonds is 6. The van der Waals surface area contributed by atoms with Crippen molar-refractivity contribution < 1.29 is 17.9 Å². The van der Waals surface area contributed by atoms with E-state index in [2.05, 4.69) is 0 Å². The second kappa shape index (κ2) is 8.97. The van der Waals surface area contributed by atoms with Crippen molar-refractivity contribution in [1.82, 2.24) is 4.31 Å². The molecule has 1 unspecified atom stereocenters. The van der Waals surface area contributed by atoms with E-state index in [0.717, 1.165) is 18.4 Å². The predicted molar refractivity (Wildman–Crippen MR) is 104 cm³/mol. The molecule has 6 heteroatoms. The molecule has 0 aromatic heterocycles. The summed E-state index contributed by atoms with van der Waals surface area (Å²) in [5, 5.41) is 0. The van der Waals surface area contributed by atoms with Gasteiger partial charge in [0.1, 0.15) is 12.6 Å². The van der Waals surface area contributed by atoms with Gasteiger partial charge in [0.25, 0.3) is 0 Å². The summed E-state index contributed by atoms with van der Waals surface area (Å²) >= 11 is 0. The number of ether oxygens (including phenoxy) is 1. The van der Waals surface area contributed by atoms with Crippen molar-refractivity contribution >= 4 is 22.1 Å². The molecule has 5 nitrogen and oxygen atoms in total. The topological polar surface area (TPSA) is 63.7 Å². The largest absolute Gasteiger partial charge is 0.460 e. The number of sulfonamides is 1. The smallest absolute Gasteiger partial charge is 0.324 e. The van der Waals surface area contributed by atoms with Gasteiger partial charge in [-0.05, 0) is 43.0 Å². The lowest BCUT2D eigenvalue weighted by Gasteiger charge is -2.32. The minimum absolute atomic E-state index is 0.115. The molecular formula is C21H23NO4S. The Hall–Kier alpha value is -2.44. The number of nitrogens with zero attached hydrogens (tertiary/aromatic N) is 1.